The highest BCUT2D eigenvalue weighted by Crippen LogP contribution is 2.46. The predicted molar refractivity (Wildman–Crippen MR) is 172 cm³/mol. The number of fused-ring (bicyclic) bond motifs is 2. The molecular formula is C31H37Br2ClN4O2S. The number of pyridine rings is 1. The minimum absolute atomic E-state index is 0.177. The Morgan fingerprint density at radius 1 is 1.05 bits per heavy atom. The lowest BCUT2D eigenvalue weighted by atomic mass is 9.76. The van der Waals surface area contributed by atoms with Crippen LogP contribution in [0.5, 0.6) is 0 Å². The summed E-state index contributed by atoms with van der Waals surface area (Å²) in [5, 5.41) is 4.12. The molecule has 4 aliphatic rings. The van der Waals surface area contributed by atoms with Gasteiger partial charge >= 0.3 is 0 Å². The molecule has 2 amide bonds. The monoisotopic (exact) mass is 722 g/mol. The van der Waals surface area contributed by atoms with E-state index in [2.05, 4.69) is 54.2 Å². The average Bonchev–Trinajstić information content (AvgIpc) is 3.34. The summed E-state index contributed by atoms with van der Waals surface area (Å²) in [4.78, 5) is 35.5. The molecule has 1 aromatic heterocycles. The lowest BCUT2D eigenvalue weighted by Gasteiger charge is -2.39. The maximum absolute atomic E-state index is 13.4. The Morgan fingerprint density at radius 3 is 2.46 bits per heavy atom. The van der Waals surface area contributed by atoms with Crippen LogP contribution in [0.1, 0.15) is 67.3 Å². The van der Waals surface area contributed by atoms with E-state index in [0.717, 1.165) is 90.3 Å². The maximum atomic E-state index is 13.4. The highest BCUT2D eigenvalue weighted by Gasteiger charge is 2.41. The molecule has 0 saturated carbocycles. The fourth-order valence-corrected chi connectivity index (χ4v) is 9.89. The summed E-state index contributed by atoms with van der Waals surface area (Å²) >= 11 is 15.7. The number of nitrogens with one attached hydrogen (secondary N) is 1. The predicted octanol–water partition coefficient (Wildman–Crippen LogP) is 6.41. The van der Waals surface area contributed by atoms with E-state index in [1.165, 1.54) is 22.4 Å². The van der Waals surface area contributed by atoms with Crippen molar-refractivity contribution in [2.45, 2.75) is 63.3 Å². The number of hydrogen-bond donors (Lipinski definition) is 1. The molecule has 3 saturated heterocycles. The van der Waals surface area contributed by atoms with E-state index in [-0.39, 0.29) is 17.7 Å². The molecule has 6 nitrogen and oxygen atoms in total. The number of thioether (sulfide) groups is 1. The molecule has 0 radical (unpaired) electrons. The third kappa shape index (κ3) is 6.26. The highest BCUT2D eigenvalue weighted by molar-refractivity contribution is 9.10. The summed E-state index contributed by atoms with van der Waals surface area (Å²) < 4.78 is 2.07. The van der Waals surface area contributed by atoms with Crippen LogP contribution in [0.3, 0.4) is 0 Å². The van der Waals surface area contributed by atoms with Crippen LogP contribution in [0.4, 0.5) is 0 Å². The zero-order chi connectivity index (χ0) is 28.7. The van der Waals surface area contributed by atoms with Crippen LogP contribution in [0.15, 0.2) is 33.3 Å². The number of carbonyl (C=O) groups excluding carboxylic acids is 2. The zero-order valence-corrected chi connectivity index (χ0v) is 28.2. The summed E-state index contributed by atoms with van der Waals surface area (Å²) in [5.74, 6) is 3.08. The Morgan fingerprint density at radius 2 is 1.76 bits per heavy atom. The number of nitrogens with zero attached hydrogens (tertiary/aromatic N) is 3. The number of amides is 2. The number of likely N-dealkylation sites (tertiary alicyclic amines) is 2. The topological polar surface area (TPSA) is 65.5 Å². The van der Waals surface area contributed by atoms with E-state index in [4.69, 9.17) is 16.6 Å². The Bertz CT molecular complexity index is 1320. The van der Waals surface area contributed by atoms with Gasteiger partial charge in [0.15, 0.2) is 0 Å². The molecule has 0 spiro atoms. The van der Waals surface area contributed by atoms with Crippen molar-refractivity contribution in [3.05, 3.63) is 60.7 Å². The van der Waals surface area contributed by atoms with Crippen molar-refractivity contribution in [1.82, 2.24) is 20.1 Å². The van der Waals surface area contributed by atoms with Crippen LogP contribution in [-0.2, 0) is 22.4 Å². The van der Waals surface area contributed by atoms with Crippen molar-refractivity contribution in [2.75, 3.05) is 37.8 Å². The number of halogens is 3. The van der Waals surface area contributed by atoms with Crippen LogP contribution >= 0.6 is 55.2 Å². The SMILES string of the molecule is CC1(C(=O)N2CCC(CC(=O)N3CCC([C@H]4c5ncc(Br)cc5CCc5cc(Cl)cc(Br)c54)CC3)CC2)CSCN1. The molecule has 2 atom stereocenters. The molecule has 3 aliphatic heterocycles. The second-order valence-electron chi connectivity index (χ2n) is 12.3. The molecule has 0 bridgehead atoms. The van der Waals surface area contributed by atoms with Crippen LogP contribution < -0.4 is 5.32 Å². The molecule has 1 aliphatic carbocycles. The van der Waals surface area contributed by atoms with E-state index in [1.54, 1.807) is 11.8 Å². The molecule has 41 heavy (non-hydrogen) atoms. The maximum Gasteiger partial charge on any atom is 0.243 e. The third-order valence-electron chi connectivity index (χ3n) is 9.57. The molecular weight excluding hydrogens is 688 g/mol. The standard InChI is InChI=1S/C31H37Br2ClN4O2S/c1-31(17-41-18-36-31)30(40)38-8-4-19(5-9-38)12-26(39)37-10-6-20(7-11-37)28-27-21(14-24(34)15-25(27)33)2-3-22-13-23(32)16-35-29(22)28/h13-16,19-20,28,36H,2-12,17-18H2,1H3/t28-,31?/m1/s1. The number of piperidine rings is 2. The largest absolute Gasteiger partial charge is 0.343 e. The fourth-order valence-electron chi connectivity index (χ4n) is 7.23. The summed E-state index contributed by atoms with van der Waals surface area (Å²) in [7, 11) is 0. The van der Waals surface area contributed by atoms with Gasteiger partial charge in [0.25, 0.3) is 0 Å². The smallest absolute Gasteiger partial charge is 0.243 e. The number of rotatable bonds is 4. The summed E-state index contributed by atoms with van der Waals surface area (Å²) in [6.07, 6.45) is 8.11. The summed E-state index contributed by atoms with van der Waals surface area (Å²) in [6.45, 7) is 5.09. The van der Waals surface area contributed by atoms with Crippen molar-refractivity contribution in [3.63, 3.8) is 0 Å². The van der Waals surface area contributed by atoms with E-state index in [1.807, 2.05) is 24.1 Å². The van der Waals surface area contributed by atoms with Crippen molar-refractivity contribution >= 4 is 67.0 Å². The van der Waals surface area contributed by atoms with Gasteiger partial charge in [0.1, 0.15) is 5.54 Å². The molecule has 1 aromatic carbocycles. The quantitative estimate of drug-likeness (QED) is 0.395. The molecule has 10 heteroatoms. The number of aryl methyl sites for hydroxylation is 2. The van der Waals surface area contributed by atoms with E-state index >= 15 is 0 Å². The highest BCUT2D eigenvalue weighted by atomic mass is 79.9. The second kappa shape index (κ2) is 12.5. The van der Waals surface area contributed by atoms with E-state index in [0.29, 0.717) is 18.3 Å². The lowest BCUT2D eigenvalue weighted by molar-refractivity contribution is -0.138. The van der Waals surface area contributed by atoms with E-state index < -0.39 is 5.54 Å². The zero-order valence-electron chi connectivity index (χ0n) is 23.4. The molecule has 6 rings (SSSR count). The Balaban J connectivity index is 1.09. The number of carbonyl (C=O) groups is 2. The first-order chi connectivity index (χ1) is 19.7. The van der Waals surface area contributed by atoms with Crippen molar-refractivity contribution in [1.29, 1.82) is 0 Å². The molecule has 220 valence electrons. The van der Waals surface area contributed by atoms with Gasteiger partial charge in [-0.2, -0.15) is 0 Å². The second-order valence-corrected chi connectivity index (χ2v) is 15.5. The lowest BCUT2D eigenvalue weighted by Crippen LogP contribution is -2.56. The van der Waals surface area contributed by atoms with Crippen molar-refractivity contribution in [2.24, 2.45) is 11.8 Å². The number of hydrogen-bond acceptors (Lipinski definition) is 5. The van der Waals surface area contributed by atoms with Crippen LogP contribution in [0, 0.1) is 11.8 Å². The minimum atomic E-state index is -0.441. The molecule has 1 unspecified atom stereocenters. The van der Waals surface area contributed by atoms with Crippen molar-refractivity contribution < 1.29 is 9.59 Å². The average molecular weight is 725 g/mol. The molecule has 2 aromatic rings. The Labute approximate surface area is 269 Å². The first-order valence-corrected chi connectivity index (χ1v) is 17.9. The number of aromatic nitrogens is 1. The van der Waals surface area contributed by atoms with Gasteiger partial charge in [-0.05, 0) is 108 Å². The third-order valence-corrected chi connectivity index (χ3v) is 12.0. The molecule has 4 heterocycles. The molecule has 1 N–H and O–H groups in total. The van der Waals surface area contributed by atoms with Gasteiger partial charge in [-0.15, -0.1) is 11.8 Å². The van der Waals surface area contributed by atoms with Gasteiger partial charge in [-0.3, -0.25) is 19.9 Å². The first kappa shape index (κ1) is 29.9. The number of benzene rings is 1. The van der Waals surface area contributed by atoms with Gasteiger partial charge in [0.2, 0.25) is 11.8 Å². The fraction of sp³-hybridized carbons (Fsp3) is 0.581. The van der Waals surface area contributed by atoms with E-state index in [9.17, 15) is 9.59 Å². The minimum Gasteiger partial charge on any atom is -0.343 e. The Kier molecular flexibility index (Phi) is 9.10. The summed E-state index contributed by atoms with van der Waals surface area (Å²) in [5.41, 5.74) is 4.63. The van der Waals surface area contributed by atoms with Crippen LogP contribution in [0.2, 0.25) is 5.02 Å². The van der Waals surface area contributed by atoms with Crippen LogP contribution in [0.25, 0.3) is 0 Å². The van der Waals surface area contributed by atoms with Crippen LogP contribution in [-0.4, -0.2) is 69.9 Å². The molecule has 3 fully saturated rings. The van der Waals surface area contributed by atoms with Crippen molar-refractivity contribution in [3.8, 4) is 0 Å². The van der Waals surface area contributed by atoms with Gasteiger partial charge in [-0.1, -0.05) is 27.5 Å². The van der Waals surface area contributed by atoms with Gasteiger partial charge in [0.05, 0.1) is 5.69 Å². The van der Waals surface area contributed by atoms with Gasteiger partial charge in [-0.25, -0.2) is 0 Å². The Hall–Kier alpha value is -1.13. The van der Waals surface area contributed by atoms with Gasteiger partial charge in [0, 0.05) is 70.3 Å². The normalized spacial score (nSPS) is 25.5. The first-order valence-electron chi connectivity index (χ1n) is 14.7. The summed E-state index contributed by atoms with van der Waals surface area (Å²) in [6, 6.07) is 6.35. The van der Waals surface area contributed by atoms with Gasteiger partial charge < -0.3 is 9.80 Å².